The van der Waals surface area contributed by atoms with Crippen LogP contribution >= 0.6 is 0 Å². The zero-order valence-corrected chi connectivity index (χ0v) is 14.7. The van der Waals surface area contributed by atoms with Crippen LogP contribution in [0.1, 0.15) is 34.8 Å². The van der Waals surface area contributed by atoms with Crippen LogP contribution in [0.4, 0.5) is 4.39 Å². The van der Waals surface area contributed by atoms with Gasteiger partial charge in [-0.15, -0.1) is 0 Å². The number of methoxy groups -OCH3 is 1. The number of piperidine rings is 1. The molecule has 1 unspecified atom stereocenters. The number of carbonyl (C=O) groups excluding carboxylic acids is 1. The van der Waals surface area contributed by atoms with Crippen LogP contribution < -0.4 is 4.74 Å². The minimum atomic E-state index is -0.327. The maximum absolute atomic E-state index is 13.1. The fourth-order valence-corrected chi connectivity index (χ4v) is 3.67. The molecule has 0 bridgehead atoms. The predicted octanol–water partition coefficient (Wildman–Crippen LogP) is 4.34. The van der Waals surface area contributed by atoms with Crippen LogP contribution in [0, 0.1) is 5.82 Å². The lowest BCUT2D eigenvalue weighted by atomic mass is 9.94. The first-order valence-electron chi connectivity index (χ1n) is 8.85. The van der Waals surface area contributed by atoms with Gasteiger partial charge in [-0.1, -0.05) is 0 Å². The van der Waals surface area contributed by atoms with Crippen molar-refractivity contribution < 1.29 is 13.9 Å². The summed E-state index contributed by atoms with van der Waals surface area (Å²) >= 11 is 0. The van der Waals surface area contributed by atoms with E-state index in [1.54, 1.807) is 19.2 Å². The quantitative estimate of drug-likeness (QED) is 0.762. The van der Waals surface area contributed by atoms with E-state index in [4.69, 9.17) is 4.74 Å². The molecule has 1 aromatic heterocycles. The van der Waals surface area contributed by atoms with Gasteiger partial charge in [0, 0.05) is 41.2 Å². The number of hydrogen-bond donors (Lipinski definition) is 1. The van der Waals surface area contributed by atoms with Crippen LogP contribution in [0.25, 0.3) is 10.9 Å². The molecule has 5 heteroatoms. The first-order chi connectivity index (χ1) is 12.6. The van der Waals surface area contributed by atoms with Gasteiger partial charge in [-0.25, -0.2) is 4.39 Å². The molecule has 4 rings (SSSR count). The number of halogens is 1. The second-order valence-corrected chi connectivity index (χ2v) is 6.78. The predicted molar refractivity (Wildman–Crippen MR) is 99.1 cm³/mol. The summed E-state index contributed by atoms with van der Waals surface area (Å²) in [6, 6.07) is 13.9. The molecular formula is C21H21FN2O2. The van der Waals surface area contributed by atoms with E-state index in [1.165, 1.54) is 12.1 Å². The van der Waals surface area contributed by atoms with Crippen molar-refractivity contribution in [3.8, 4) is 5.75 Å². The fraction of sp³-hybridized carbons (Fsp3) is 0.286. The third-order valence-electron chi connectivity index (χ3n) is 5.09. The van der Waals surface area contributed by atoms with Crippen LogP contribution in [-0.4, -0.2) is 36.0 Å². The van der Waals surface area contributed by atoms with Crippen molar-refractivity contribution in [2.75, 3.05) is 20.2 Å². The smallest absolute Gasteiger partial charge is 0.253 e. The number of carbonyl (C=O) groups is 1. The lowest BCUT2D eigenvalue weighted by molar-refractivity contribution is 0.0706. The number of benzene rings is 2. The molecule has 2 heterocycles. The van der Waals surface area contributed by atoms with Gasteiger partial charge >= 0.3 is 0 Å². The molecule has 3 aromatic rings. The summed E-state index contributed by atoms with van der Waals surface area (Å²) in [5, 5.41) is 1.11. The van der Waals surface area contributed by atoms with Gasteiger partial charge in [0.15, 0.2) is 0 Å². The van der Waals surface area contributed by atoms with E-state index >= 15 is 0 Å². The van der Waals surface area contributed by atoms with E-state index in [9.17, 15) is 9.18 Å². The number of likely N-dealkylation sites (tertiary alicyclic amines) is 1. The SMILES string of the molecule is COc1ccc2[nH]c(C3CCCN(C(=O)c4ccc(F)cc4)C3)cc2c1. The maximum atomic E-state index is 13.1. The van der Waals surface area contributed by atoms with Gasteiger partial charge in [0.25, 0.3) is 5.91 Å². The molecule has 4 nitrogen and oxygen atoms in total. The molecule has 26 heavy (non-hydrogen) atoms. The Morgan fingerprint density at radius 1 is 1.19 bits per heavy atom. The van der Waals surface area contributed by atoms with Crippen LogP contribution in [0.3, 0.4) is 0 Å². The molecule has 1 saturated heterocycles. The Kier molecular flexibility index (Phi) is 4.37. The first-order valence-corrected chi connectivity index (χ1v) is 8.85. The van der Waals surface area contributed by atoms with E-state index in [1.807, 2.05) is 23.1 Å². The number of ether oxygens (including phenoxy) is 1. The first kappa shape index (κ1) is 16.6. The monoisotopic (exact) mass is 352 g/mol. The van der Waals surface area contributed by atoms with Crippen LogP contribution in [0.2, 0.25) is 0 Å². The molecule has 1 N–H and O–H groups in total. The molecular weight excluding hydrogens is 331 g/mol. The zero-order valence-electron chi connectivity index (χ0n) is 14.7. The lowest BCUT2D eigenvalue weighted by Crippen LogP contribution is -2.39. The Bertz CT molecular complexity index is 933. The fourth-order valence-electron chi connectivity index (χ4n) is 3.67. The van der Waals surface area contributed by atoms with E-state index in [2.05, 4.69) is 11.1 Å². The standard InChI is InChI=1S/C21H21FN2O2/c1-26-18-8-9-19-16(11-18)12-20(23-19)15-3-2-10-24(13-15)21(25)14-4-6-17(22)7-5-14/h4-9,11-12,15,23H,2-3,10,13H2,1H3. The highest BCUT2D eigenvalue weighted by atomic mass is 19.1. The number of H-pyrrole nitrogens is 1. The molecule has 1 aliphatic heterocycles. The third kappa shape index (κ3) is 3.17. The minimum Gasteiger partial charge on any atom is -0.497 e. The Morgan fingerprint density at radius 2 is 2.00 bits per heavy atom. The van der Waals surface area contributed by atoms with Gasteiger partial charge in [-0.2, -0.15) is 0 Å². The lowest BCUT2D eigenvalue weighted by Gasteiger charge is -2.32. The van der Waals surface area contributed by atoms with Crippen LogP contribution in [0.5, 0.6) is 5.75 Å². The average Bonchev–Trinajstić information content (AvgIpc) is 3.11. The van der Waals surface area contributed by atoms with Crippen molar-refractivity contribution in [3.05, 3.63) is 65.6 Å². The highest BCUT2D eigenvalue weighted by Crippen LogP contribution is 2.31. The van der Waals surface area contributed by atoms with E-state index in [0.29, 0.717) is 12.1 Å². The highest BCUT2D eigenvalue weighted by molar-refractivity contribution is 5.94. The summed E-state index contributed by atoms with van der Waals surface area (Å²) in [5.41, 5.74) is 2.75. The minimum absolute atomic E-state index is 0.0347. The molecule has 0 aliphatic carbocycles. The normalized spacial score (nSPS) is 17.5. The summed E-state index contributed by atoms with van der Waals surface area (Å²) in [5.74, 6) is 0.741. The number of fused-ring (bicyclic) bond motifs is 1. The number of nitrogens with one attached hydrogen (secondary N) is 1. The second kappa shape index (κ2) is 6.83. The van der Waals surface area contributed by atoms with Gasteiger partial charge in [0.2, 0.25) is 0 Å². The zero-order chi connectivity index (χ0) is 18.1. The molecule has 1 atom stereocenters. The maximum Gasteiger partial charge on any atom is 0.253 e. The molecule has 2 aromatic carbocycles. The number of nitrogens with zero attached hydrogens (tertiary/aromatic N) is 1. The number of aromatic nitrogens is 1. The molecule has 1 aliphatic rings. The Morgan fingerprint density at radius 3 is 2.77 bits per heavy atom. The van der Waals surface area contributed by atoms with Gasteiger partial charge < -0.3 is 14.6 Å². The van der Waals surface area contributed by atoms with Crippen molar-refractivity contribution >= 4 is 16.8 Å². The van der Waals surface area contributed by atoms with Crippen LogP contribution in [-0.2, 0) is 0 Å². The molecule has 0 saturated carbocycles. The summed E-state index contributed by atoms with van der Waals surface area (Å²) in [6.07, 6.45) is 1.99. The van der Waals surface area contributed by atoms with Crippen molar-refractivity contribution in [3.63, 3.8) is 0 Å². The number of hydrogen-bond acceptors (Lipinski definition) is 2. The number of rotatable bonds is 3. The van der Waals surface area contributed by atoms with Gasteiger partial charge in [-0.05, 0) is 61.4 Å². The molecule has 1 amide bonds. The van der Waals surface area contributed by atoms with Crippen molar-refractivity contribution in [2.45, 2.75) is 18.8 Å². The largest absolute Gasteiger partial charge is 0.497 e. The summed E-state index contributed by atoms with van der Waals surface area (Å²) in [6.45, 7) is 1.40. The summed E-state index contributed by atoms with van der Waals surface area (Å²) in [4.78, 5) is 18.1. The Hall–Kier alpha value is -2.82. The number of amides is 1. The van der Waals surface area contributed by atoms with Crippen molar-refractivity contribution in [2.24, 2.45) is 0 Å². The van der Waals surface area contributed by atoms with Crippen molar-refractivity contribution in [1.29, 1.82) is 0 Å². The molecule has 134 valence electrons. The molecule has 1 fully saturated rings. The van der Waals surface area contributed by atoms with Crippen LogP contribution in [0.15, 0.2) is 48.5 Å². The number of aromatic amines is 1. The third-order valence-corrected chi connectivity index (χ3v) is 5.09. The van der Waals surface area contributed by atoms with Gasteiger partial charge in [-0.3, -0.25) is 4.79 Å². The molecule has 0 spiro atoms. The van der Waals surface area contributed by atoms with Gasteiger partial charge in [0.1, 0.15) is 11.6 Å². The average molecular weight is 352 g/mol. The summed E-state index contributed by atoms with van der Waals surface area (Å²) < 4.78 is 18.4. The highest BCUT2D eigenvalue weighted by Gasteiger charge is 2.26. The van der Waals surface area contributed by atoms with Gasteiger partial charge in [0.05, 0.1) is 7.11 Å². The van der Waals surface area contributed by atoms with Crippen molar-refractivity contribution in [1.82, 2.24) is 9.88 Å². The summed E-state index contributed by atoms with van der Waals surface area (Å²) in [7, 11) is 1.66. The topological polar surface area (TPSA) is 45.3 Å². The van der Waals surface area contributed by atoms with E-state index < -0.39 is 0 Å². The Labute approximate surface area is 151 Å². The molecule has 0 radical (unpaired) electrons. The Balaban J connectivity index is 1.54. The van der Waals surface area contributed by atoms with E-state index in [-0.39, 0.29) is 17.6 Å². The van der Waals surface area contributed by atoms with E-state index in [0.717, 1.165) is 41.7 Å². The second-order valence-electron chi connectivity index (χ2n) is 6.78.